The lowest BCUT2D eigenvalue weighted by atomic mass is 10.1. The number of hydrogen-bond donors (Lipinski definition) is 1. The molecule has 4 rings (SSSR count). The predicted octanol–water partition coefficient (Wildman–Crippen LogP) is 2.71. The van der Waals surface area contributed by atoms with Gasteiger partial charge in [0.05, 0.1) is 11.9 Å². The first-order valence-corrected chi connectivity index (χ1v) is 8.32. The number of aromatic nitrogens is 5. The van der Waals surface area contributed by atoms with E-state index in [0.717, 1.165) is 42.4 Å². The minimum absolute atomic E-state index is 0.357. The number of rotatable bonds is 4. The van der Waals surface area contributed by atoms with Gasteiger partial charge in [0.25, 0.3) is 0 Å². The Labute approximate surface area is 146 Å². The topological polar surface area (TPSA) is 79.7 Å². The van der Waals surface area contributed by atoms with Crippen molar-refractivity contribution in [2.24, 2.45) is 0 Å². The normalized spacial score (nSPS) is 16.8. The van der Waals surface area contributed by atoms with Crippen LogP contribution < -0.4 is 10.2 Å². The monoisotopic (exact) mass is 333 g/mol. The van der Waals surface area contributed by atoms with Crippen LogP contribution in [0.2, 0.25) is 0 Å². The third-order valence-electron chi connectivity index (χ3n) is 4.40. The van der Waals surface area contributed by atoms with E-state index in [1.54, 1.807) is 31.0 Å². The van der Waals surface area contributed by atoms with Gasteiger partial charge in [-0.2, -0.15) is 0 Å². The second-order valence-corrected chi connectivity index (χ2v) is 6.09. The summed E-state index contributed by atoms with van der Waals surface area (Å²) >= 11 is 0. The largest absolute Gasteiger partial charge is 0.355 e. The highest BCUT2D eigenvalue weighted by Crippen LogP contribution is 2.29. The molecule has 0 spiro atoms. The van der Waals surface area contributed by atoms with Crippen LogP contribution in [0.5, 0.6) is 0 Å². The summed E-state index contributed by atoms with van der Waals surface area (Å²) in [6.45, 7) is 3.85. The van der Waals surface area contributed by atoms with Crippen LogP contribution in [0.4, 0.5) is 17.6 Å². The second-order valence-electron chi connectivity index (χ2n) is 6.09. The Kier molecular flexibility index (Phi) is 4.20. The van der Waals surface area contributed by atoms with E-state index in [4.69, 9.17) is 4.98 Å². The molecule has 1 aliphatic heterocycles. The number of nitrogens with one attached hydrogen (secondary N) is 1. The Morgan fingerprint density at radius 2 is 2.04 bits per heavy atom. The van der Waals surface area contributed by atoms with E-state index in [2.05, 4.69) is 30.2 Å². The van der Waals surface area contributed by atoms with Crippen molar-refractivity contribution in [3.05, 3.63) is 60.4 Å². The zero-order chi connectivity index (χ0) is 17.1. The average Bonchev–Trinajstić information content (AvgIpc) is 3.15. The fraction of sp³-hybridized carbons (Fsp3) is 0.278. The minimum Gasteiger partial charge on any atom is -0.355 e. The van der Waals surface area contributed by atoms with Gasteiger partial charge < -0.3 is 10.2 Å². The molecule has 25 heavy (non-hydrogen) atoms. The lowest BCUT2D eigenvalue weighted by Gasteiger charge is -2.16. The van der Waals surface area contributed by atoms with Crippen molar-refractivity contribution < 1.29 is 0 Å². The van der Waals surface area contributed by atoms with Crippen molar-refractivity contribution in [1.29, 1.82) is 0 Å². The van der Waals surface area contributed by atoms with Gasteiger partial charge in [-0.05, 0) is 31.0 Å². The standard InChI is InChI=1S/C18H19N7/c1-13-3-2-6-21-17(13)24-18-22-7-4-15(23-18)14-5-10-25(12-14)16-11-19-8-9-20-16/h2-4,6-9,11,14H,5,10,12H2,1H3,(H,21,22,23,24). The van der Waals surface area contributed by atoms with Gasteiger partial charge in [0, 0.05) is 43.8 Å². The number of pyridine rings is 1. The third kappa shape index (κ3) is 3.40. The Morgan fingerprint density at radius 3 is 2.88 bits per heavy atom. The molecule has 1 aliphatic rings. The predicted molar refractivity (Wildman–Crippen MR) is 95.9 cm³/mol. The van der Waals surface area contributed by atoms with Crippen molar-refractivity contribution in [1.82, 2.24) is 24.9 Å². The van der Waals surface area contributed by atoms with Crippen LogP contribution in [0.15, 0.2) is 49.2 Å². The molecule has 1 N–H and O–H groups in total. The summed E-state index contributed by atoms with van der Waals surface area (Å²) in [5, 5.41) is 3.21. The maximum atomic E-state index is 4.69. The molecule has 1 atom stereocenters. The highest BCUT2D eigenvalue weighted by molar-refractivity contribution is 5.52. The van der Waals surface area contributed by atoms with Crippen LogP contribution in [0.25, 0.3) is 0 Å². The molecule has 0 amide bonds. The van der Waals surface area contributed by atoms with Gasteiger partial charge in [-0.25, -0.2) is 19.9 Å². The molecule has 0 aromatic carbocycles. The lowest BCUT2D eigenvalue weighted by Crippen LogP contribution is -2.20. The lowest BCUT2D eigenvalue weighted by molar-refractivity contribution is 0.740. The fourth-order valence-electron chi connectivity index (χ4n) is 3.05. The maximum absolute atomic E-state index is 4.69. The first-order valence-electron chi connectivity index (χ1n) is 8.32. The van der Waals surface area contributed by atoms with Crippen molar-refractivity contribution in [2.75, 3.05) is 23.3 Å². The Balaban J connectivity index is 1.50. The average molecular weight is 333 g/mol. The summed E-state index contributed by atoms with van der Waals surface area (Å²) in [5.41, 5.74) is 2.10. The Hall–Kier alpha value is -3.09. The number of aryl methyl sites for hydroxylation is 1. The Morgan fingerprint density at radius 1 is 1.08 bits per heavy atom. The number of hydrogen-bond acceptors (Lipinski definition) is 7. The van der Waals surface area contributed by atoms with E-state index in [1.807, 2.05) is 25.1 Å². The van der Waals surface area contributed by atoms with Gasteiger partial charge in [0.2, 0.25) is 5.95 Å². The summed E-state index contributed by atoms with van der Waals surface area (Å²) < 4.78 is 0. The molecule has 7 nitrogen and oxygen atoms in total. The zero-order valence-corrected chi connectivity index (χ0v) is 14.0. The first-order chi connectivity index (χ1) is 12.3. The van der Waals surface area contributed by atoms with Gasteiger partial charge in [-0.3, -0.25) is 4.98 Å². The molecule has 3 aromatic heterocycles. The van der Waals surface area contributed by atoms with Gasteiger partial charge in [0.15, 0.2) is 0 Å². The highest BCUT2D eigenvalue weighted by atomic mass is 15.2. The molecule has 7 heteroatoms. The summed E-state index contributed by atoms with van der Waals surface area (Å²) in [7, 11) is 0. The van der Waals surface area contributed by atoms with E-state index in [1.165, 1.54) is 0 Å². The maximum Gasteiger partial charge on any atom is 0.228 e. The molecule has 0 bridgehead atoms. The van der Waals surface area contributed by atoms with Crippen LogP contribution in [0, 0.1) is 6.92 Å². The van der Waals surface area contributed by atoms with Gasteiger partial charge in [0.1, 0.15) is 11.6 Å². The van der Waals surface area contributed by atoms with Crippen LogP contribution in [-0.4, -0.2) is 38.0 Å². The number of anilines is 3. The van der Waals surface area contributed by atoms with Crippen LogP contribution in [0.1, 0.15) is 23.6 Å². The fourth-order valence-corrected chi connectivity index (χ4v) is 3.05. The van der Waals surface area contributed by atoms with Crippen molar-refractivity contribution in [3.63, 3.8) is 0 Å². The van der Waals surface area contributed by atoms with Crippen molar-refractivity contribution in [2.45, 2.75) is 19.3 Å². The summed E-state index contributed by atoms with van der Waals surface area (Å²) in [6.07, 6.45) is 9.82. The highest BCUT2D eigenvalue weighted by Gasteiger charge is 2.26. The number of nitrogens with zero attached hydrogens (tertiary/aromatic N) is 6. The van der Waals surface area contributed by atoms with E-state index in [0.29, 0.717) is 11.9 Å². The Bertz CT molecular complexity index is 853. The van der Waals surface area contributed by atoms with E-state index < -0.39 is 0 Å². The van der Waals surface area contributed by atoms with E-state index in [9.17, 15) is 0 Å². The molecule has 0 saturated carbocycles. The summed E-state index contributed by atoms with van der Waals surface area (Å²) in [6, 6.07) is 5.91. The SMILES string of the molecule is Cc1cccnc1Nc1nccc(C2CCN(c3cnccn3)C2)n1. The third-order valence-corrected chi connectivity index (χ3v) is 4.40. The molecular weight excluding hydrogens is 314 g/mol. The molecule has 0 aliphatic carbocycles. The molecule has 1 fully saturated rings. The van der Waals surface area contributed by atoms with Gasteiger partial charge >= 0.3 is 0 Å². The summed E-state index contributed by atoms with van der Waals surface area (Å²) in [4.78, 5) is 24.1. The van der Waals surface area contributed by atoms with Crippen molar-refractivity contribution >= 4 is 17.6 Å². The molecular formula is C18H19N7. The smallest absolute Gasteiger partial charge is 0.228 e. The molecule has 1 saturated heterocycles. The van der Waals surface area contributed by atoms with Crippen molar-refractivity contribution in [3.8, 4) is 0 Å². The summed E-state index contributed by atoms with van der Waals surface area (Å²) in [5.74, 6) is 2.64. The minimum atomic E-state index is 0.357. The van der Waals surface area contributed by atoms with E-state index in [-0.39, 0.29) is 0 Å². The van der Waals surface area contributed by atoms with Crippen LogP contribution in [-0.2, 0) is 0 Å². The van der Waals surface area contributed by atoms with Crippen LogP contribution >= 0.6 is 0 Å². The molecule has 3 aromatic rings. The quantitative estimate of drug-likeness (QED) is 0.786. The van der Waals surface area contributed by atoms with Gasteiger partial charge in [-0.1, -0.05) is 6.07 Å². The molecule has 0 radical (unpaired) electrons. The zero-order valence-electron chi connectivity index (χ0n) is 14.0. The molecule has 4 heterocycles. The second kappa shape index (κ2) is 6.80. The first kappa shape index (κ1) is 15.4. The molecule has 1 unspecified atom stereocenters. The van der Waals surface area contributed by atoms with E-state index >= 15 is 0 Å². The van der Waals surface area contributed by atoms with Gasteiger partial charge in [-0.15, -0.1) is 0 Å². The molecule has 126 valence electrons. The van der Waals surface area contributed by atoms with Crippen LogP contribution in [0.3, 0.4) is 0 Å².